The van der Waals surface area contributed by atoms with Crippen LogP contribution in [0.25, 0.3) is 0 Å². The molecule has 1 fully saturated rings. The van der Waals surface area contributed by atoms with Gasteiger partial charge in [0, 0.05) is 0 Å². The molecule has 1 heterocycles. The van der Waals surface area contributed by atoms with Crippen LogP contribution in [0.4, 0.5) is 0 Å². The molecule has 0 N–H and O–H groups in total. The van der Waals surface area contributed by atoms with Crippen LogP contribution in [0.15, 0.2) is 0 Å². The van der Waals surface area contributed by atoms with Crippen molar-refractivity contribution in [3.63, 3.8) is 0 Å². The Bertz CT molecular complexity index is 431. The fourth-order valence-corrected chi connectivity index (χ4v) is 251. The van der Waals surface area contributed by atoms with Crippen molar-refractivity contribution in [2.45, 2.75) is 119 Å². The molecule has 1 aliphatic heterocycles. The molecule has 0 unspecified atom stereocenters. The van der Waals surface area contributed by atoms with Gasteiger partial charge in [-0.05, 0) is 0 Å². The Morgan fingerprint density at radius 2 is 0.633 bits per heavy atom. The van der Waals surface area contributed by atoms with Crippen LogP contribution in [0.1, 0.15) is 55.4 Å². The topological polar surface area (TPSA) is 0 Å². The largest absolute Gasteiger partial charge is 1.00 e. The van der Waals surface area contributed by atoms with E-state index in [4.69, 9.17) is 0 Å². The molecule has 168 valence electrons. The van der Waals surface area contributed by atoms with Gasteiger partial charge in [0.25, 0.3) is 0 Å². The average Bonchev–Trinajstić information content (AvgIpc) is 2.28. The average molecular weight is 565 g/mol. The van der Waals surface area contributed by atoms with Gasteiger partial charge in [0.05, 0.1) is 0 Å². The maximum absolute atomic E-state index is 2.84. The zero-order valence-electron chi connectivity index (χ0n) is 24.1. The molecule has 30 heavy (non-hydrogen) atoms. The van der Waals surface area contributed by atoms with Gasteiger partial charge >= 0.3 is 103 Å². The van der Waals surface area contributed by atoms with Crippen LogP contribution in [0.5, 0.6) is 0 Å². The van der Waals surface area contributed by atoms with Gasteiger partial charge in [-0.15, -0.1) is 39.4 Å². The summed E-state index contributed by atoms with van der Waals surface area (Å²) in [6.45, 7) is 37.7. The van der Waals surface area contributed by atoms with Crippen LogP contribution in [0.2, 0.25) is 63.5 Å². The molecule has 0 aromatic heterocycles. The van der Waals surface area contributed by atoms with Crippen molar-refractivity contribution in [1.29, 1.82) is 0 Å². The Kier molecular flexibility index (Phi) is 17.1. The molecule has 0 radical (unpaired) electrons. The van der Waals surface area contributed by atoms with Crippen molar-refractivity contribution in [3.8, 4) is 0 Å². The molecule has 0 aromatic rings. The fourth-order valence-electron chi connectivity index (χ4n) is 7.75. The summed E-state index contributed by atoms with van der Waals surface area (Å²) in [6, 6.07) is 6.92. The summed E-state index contributed by atoms with van der Waals surface area (Å²) in [6.07, 6.45) is 0. The first-order valence-electron chi connectivity index (χ1n) is 12.2. The van der Waals surface area contributed by atoms with Gasteiger partial charge in [-0.25, -0.2) is 14.2 Å². The van der Waals surface area contributed by atoms with Crippen molar-refractivity contribution in [2.24, 2.45) is 23.7 Å². The Morgan fingerprint density at radius 3 is 0.733 bits per heavy atom. The first-order chi connectivity index (χ1) is 12.4. The van der Waals surface area contributed by atoms with Gasteiger partial charge in [0.1, 0.15) is 0 Å². The standard InChI is InChI=1S/C22H54Si6.2K/c1-19(2)15-27(16-20(3)4)23(25(9,10)11)28(17-21(5)6,18-22(7)8)24(27)26(12,13)14;;/h19-22H,15-18H2,1-14H3;;/q-2;2*+1. The van der Waals surface area contributed by atoms with Crippen LogP contribution in [0.3, 0.4) is 0 Å². The van der Waals surface area contributed by atoms with Crippen LogP contribution in [-0.2, 0) is 0 Å². The summed E-state index contributed by atoms with van der Waals surface area (Å²) < 4.78 is 0. The zero-order valence-corrected chi connectivity index (χ0v) is 36.4. The summed E-state index contributed by atoms with van der Waals surface area (Å²) in [4.78, 5) is 0. The van der Waals surface area contributed by atoms with Gasteiger partial charge in [-0.3, -0.25) is 0 Å². The van der Waals surface area contributed by atoms with Crippen molar-refractivity contribution >= 4 is 44.1 Å². The van der Waals surface area contributed by atoms with Gasteiger partial charge in [0.2, 0.25) is 0 Å². The molecule has 1 aliphatic rings. The SMILES string of the molecule is CC(C)C[Si]1(CC(C)C)[Si-]([Si](C)(C)C)[Si](CC(C)C)(CC(C)C)[Si-]1[Si](C)(C)C.[K+].[K+]. The number of hydrogen-bond acceptors (Lipinski definition) is 0. The monoisotopic (exact) mass is 564 g/mol. The maximum Gasteiger partial charge on any atom is 1.00 e. The van der Waals surface area contributed by atoms with Gasteiger partial charge in [-0.2, -0.15) is 0 Å². The summed E-state index contributed by atoms with van der Waals surface area (Å²) in [5.41, 5.74) is 0. The second kappa shape index (κ2) is 13.9. The number of hydrogen-bond donors (Lipinski definition) is 0. The normalized spacial score (nSPS) is 19.8. The molecule has 0 atom stereocenters. The summed E-state index contributed by atoms with van der Waals surface area (Å²) >= 11 is 0. The zero-order chi connectivity index (χ0) is 22.3. The summed E-state index contributed by atoms with van der Waals surface area (Å²) in [7, 11) is -4.42. The minimum Gasteiger partial charge on any atom is -0.317 e. The summed E-state index contributed by atoms with van der Waals surface area (Å²) in [5.74, 6) is 3.79. The number of rotatable bonds is 10. The van der Waals surface area contributed by atoms with Gasteiger partial charge in [0.15, 0.2) is 0 Å². The van der Waals surface area contributed by atoms with E-state index in [9.17, 15) is 0 Å². The third-order valence-corrected chi connectivity index (χ3v) is 133. The molecule has 0 nitrogen and oxygen atoms in total. The molecule has 0 aliphatic carbocycles. The van der Waals surface area contributed by atoms with Crippen LogP contribution in [-0.4, -0.2) is 44.1 Å². The summed E-state index contributed by atoms with van der Waals surface area (Å²) in [5, 5.41) is 0. The van der Waals surface area contributed by atoms with Gasteiger partial charge in [-0.1, -0.05) is 118 Å². The third-order valence-electron chi connectivity index (χ3n) is 6.44. The molecule has 1 rings (SSSR count). The van der Waals surface area contributed by atoms with E-state index in [2.05, 4.69) is 94.7 Å². The van der Waals surface area contributed by atoms with Crippen molar-refractivity contribution in [1.82, 2.24) is 0 Å². The molecule has 0 amide bonds. The fraction of sp³-hybridized carbons (Fsp3) is 1.00. The minimum absolute atomic E-state index is 0. The van der Waals surface area contributed by atoms with E-state index in [0.29, 0.717) is 0 Å². The van der Waals surface area contributed by atoms with E-state index >= 15 is 0 Å². The van der Waals surface area contributed by atoms with Crippen LogP contribution in [0, 0.1) is 23.7 Å². The third kappa shape index (κ3) is 8.85. The smallest absolute Gasteiger partial charge is 0.317 e. The Labute approximate surface area is 283 Å². The molecule has 0 bridgehead atoms. The predicted octanol–water partition coefficient (Wildman–Crippen LogP) is 1.67. The molecule has 8 heteroatoms. The predicted molar refractivity (Wildman–Crippen MR) is 148 cm³/mol. The van der Waals surface area contributed by atoms with Crippen molar-refractivity contribution in [3.05, 3.63) is 0 Å². The Hall–Kier alpha value is 4.57. The molecular weight excluding hydrogens is 511 g/mol. The second-order valence-corrected chi connectivity index (χ2v) is 71.8. The maximum atomic E-state index is 2.84. The van der Waals surface area contributed by atoms with Crippen molar-refractivity contribution < 1.29 is 103 Å². The van der Waals surface area contributed by atoms with E-state index < -0.39 is 29.4 Å². The first kappa shape index (κ1) is 36.7. The van der Waals surface area contributed by atoms with E-state index in [0.717, 1.165) is 23.7 Å². The molecule has 0 saturated carbocycles. The van der Waals surface area contributed by atoms with E-state index in [-0.39, 0.29) is 117 Å². The Morgan fingerprint density at radius 1 is 0.467 bits per heavy atom. The first-order valence-corrected chi connectivity index (χ1v) is 33.0. The van der Waals surface area contributed by atoms with E-state index in [1.54, 1.807) is 24.2 Å². The van der Waals surface area contributed by atoms with Crippen LogP contribution < -0.4 is 103 Å². The minimum atomic E-state index is -1.08. The molecular formula is C22H54K2Si6. The quantitative estimate of drug-likeness (QED) is 0.354. The molecule has 1 saturated heterocycles. The van der Waals surface area contributed by atoms with E-state index in [1.807, 2.05) is 0 Å². The Balaban J connectivity index is 0. The van der Waals surface area contributed by atoms with E-state index in [1.165, 1.54) is 0 Å². The van der Waals surface area contributed by atoms with Crippen LogP contribution >= 0.6 is 0 Å². The second-order valence-electron chi connectivity index (χ2n) is 13.8. The molecule has 0 aromatic carbocycles. The van der Waals surface area contributed by atoms with Crippen molar-refractivity contribution in [2.75, 3.05) is 0 Å². The molecule has 0 spiro atoms. The van der Waals surface area contributed by atoms with Gasteiger partial charge < -0.3 is 14.7 Å².